The van der Waals surface area contributed by atoms with E-state index in [-0.39, 0.29) is 17.0 Å². The lowest BCUT2D eigenvalue weighted by molar-refractivity contribution is 0.0508. The van der Waals surface area contributed by atoms with Crippen molar-refractivity contribution in [3.63, 3.8) is 0 Å². The molecule has 0 saturated carbocycles. The van der Waals surface area contributed by atoms with Crippen LogP contribution in [-0.4, -0.2) is 16.7 Å². The number of alkyl carbamates (subject to hydrolysis) is 1. The quantitative estimate of drug-likeness (QED) is 0.820. The number of halogens is 2. The van der Waals surface area contributed by atoms with Gasteiger partial charge in [0.25, 0.3) is 0 Å². The Kier molecular flexibility index (Phi) is 4.56. The average Bonchev–Trinajstić information content (AvgIpc) is 2.34. The Morgan fingerprint density at radius 1 is 1.36 bits per heavy atom. The summed E-state index contributed by atoms with van der Waals surface area (Å²) in [6, 6.07) is 5.69. The molecule has 0 aliphatic carbocycles. The van der Waals surface area contributed by atoms with Crippen LogP contribution in [0.1, 0.15) is 39.3 Å². The van der Waals surface area contributed by atoms with Gasteiger partial charge in [0.05, 0.1) is 11.6 Å². The average molecular weight is 325 g/mol. The van der Waals surface area contributed by atoms with E-state index in [9.17, 15) is 9.18 Å². The molecule has 1 aromatic carbocycles. The molecule has 1 atom stereocenters. The Labute approximate surface area is 133 Å². The molecular weight excluding hydrogens is 307 g/mol. The zero-order valence-electron chi connectivity index (χ0n) is 12.9. The van der Waals surface area contributed by atoms with E-state index >= 15 is 0 Å². The molecule has 0 aliphatic rings. The Balaban J connectivity index is 2.24. The van der Waals surface area contributed by atoms with Crippen molar-refractivity contribution in [2.45, 2.75) is 39.3 Å². The molecule has 2 rings (SSSR count). The second-order valence-electron chi connectivity index (χ2n) is 6.07. The summed E-state index contributed by atoms with van der Waals surface area (Å²) < 4.78 is 18.4. The monoisotopic (exact) mass is 324 g/mol. The second kappa shape index (κ2) is 6.08. The number of rotatable bonds is 2. The fraction of sp³-hybridized carbons (Fsp3) is 0.375. The maximum Gasteiger partial charge on any atom is 0.408 e. The number of nitrogens with zero attached hydrogens (tertiary/aromatic N) is 1. The molecule has 0 radical (unpaired) electrons. The van der Waals surface area contributed by atoms with Crippen molar-refractivity contribution < 1.29 is 13.9 Å². The normalized spacial score (nSPS) is 13.0. The first-order valence-corrected chi connectivity index (χ1v) is 7.29. The first-order chi connectivity index (χ1) is 10.2. The molecule has 0 bridgehead atoms. The molecule has 0 fully saturated rings. The zero-order valence-corrected chi connectivity index (χ0v) is 13.7. The van der Waals surface area contributed by atoms with Crippen molar-refractivity contribution >= 4 is 28.6 Å². The molecule has 2 aromatic rings. The van der Waals surface area contributed by atoms with Gasteiger partial charge in [-0.05, 0) is 45.9 Å². The number of hydrogen-bond acceptors (Lipinski definition) is 3. The third kappa shape index (κ3) is 4.07. The smallest absolute Gasteiger partial charge is 0.408 e. The van der Waals surface area contributed by atoms with Crippen molar-refractivity contribution in [3.8, 4) is 0 Å². The van der Waals surface area contributed by atoms with Gasteiger partial charge in [-0.15, -0.1) is 0 Å². The Morgan fingerprint density at radius 2 is 2.05 bits per heavy atom. The molecule has 6 heteroatoms. The van der Waals surface area contributed by atoms with Crippen molar-refractivity contribution in [2.24, 2.45) is 0 Å². The number of fused-ring (bicyclic) bond motifs is 1. The van der Waals surface area contributed by atoms with Gasteiger partial charge in [-0.2, -0.15) is 0 Å². The number of amides is 1. The van der Waals surface area contributed by atoms with Gasteiger partial charge in [-0.1, -0.05) is 11.6 Å². The summed E-state index contributed by atoms with van der Waals surface area (Å²) in [5.74, 6) is -0.372. The zero-order chi connectivity index (χ0) is 16.5. The lowest BCUT2D eigenvalue weighted by Gasteiger charge is -2.22. The molecule has 1 aromatic heterocycles. The van der Waals surface area contributed by atoms with E-state index in [1.54, 1.807) is 39.8 Å². The van der Waals surface area contributed by atoms with Gasteiger partial charge >= 0.3 is 6.09 Å². The molecule has 1 unspecified atom stereocenters. The van der Waals surface area contributed by atoms with Gasteiger partial charge < -0.3 is 10.1 Å². The summed E-state index contributed by atoms with van der Waals surface area (Å²) in [4.78, 5) is 16.0. The van der Waals surface area contributed by atoms with Crippen LogP contribution in [0.5, 0.6) is 0 Å². The van der Waals surface area contributed by atoms with Crippen LogP contribution < -0.4 is 5.32 Å². The van der Waals surface area contributed by atoms with Crippen LogP contribution in [0.25, 0.3) is 10.9 Å². The van der Waals surface area contributed by atoms with Gasteiger partial charge in [-0.3, -0.25) is 0 Å². The predicted octanol–water partition coefficient (Wildman–Crippen LogP) is 4.61. The number of carbonyl (C=O) groups is 1. The van der Waals surface area contributed by atoms with Crippen LogP contribution in [0.15, 0.2) is 24.3 Å². The molecule has 1 amide bonds. The summed E-state index contributed by atoms with van der Waals surface area (Å²) in [5, 5.41) is 3.68. The van der Waals surface area contributed by atoms with Crippen molar-refractivity contribution in [1.29, 1.82) is 0 Å². The highest BCUT2D eigenvalue weighted by molar-refractivity contribution is 6.30. The van der Waals surface area contributed by atoms with Crippen LogP contribution >= 0.6 is 11.6 Å². The van der Waals surface area contributed by atoms with Crippen molar-refractivity contribution in [3.05, 3.63) is 40.8 Å². The SMILES string of the molecule is CC(NC(=O)OC(C)(C)C)c1cc2ccc(F)cc2nc1Cl. The number of hydrogen-bond donors (Lipinski definition) is 1. The number of nitrogens with one attached hydrogen (secondary N) is 1. The minimum absolute atomic E-state index is 0.224. The van der Waals surface area contributed by atoms with Crippen LogP contribution in [0.3, 0.4) is 0 Å². The molecule has 22 heavy (non-hydrogen) atoms. The molecule has 118 valence electrons. The van der Waals surface area contributed by atoms with E-state index < -0.39 is 11.7 Å². The lowest BCUT2D eigenvalue weighted by Crippen LogP contribution is -2.34. The number of carbonyl (C=O) groups excluding carboxylic acids is 1. The van der Waals surface area contributed by atoms with E-state index in [2.05, 4.69) is 10.3 Å². The maximum absolute atomic E-state index is 13.2. The number of benzene rings is 1. The van der Waals surface area contributed by atoms with E-state index in [0.29, 0.717) is 11.1 Å². The highest BCUT2D eigenvalue weighted by Crippen LogP contribution is 2.26. The van der Waals surface area contributed by atoms with Crippen LogP contribution in [0.2, 0.25) is 5.15 Å². The molecule has 0 saturated heterocycles. The third-order valence-electron chi connectivity index (χ3n) is 2.96. The fourth-order valence-corrected chi connectivity index (χ4v) is 2.31. The third-order valence-corrected chi connectivity index (χ3v) is 3.26. The first kappa shape index (κ1) is 16.5. The summed E-state index contributed by atoms with van der Waals surface area (Å²) in [6.07, 6.45) is -0.532. The van der Waals surface area contributed by atoms with Gasteiger partial charge in [-0.25, -0.2) is 14.2 Å². The highest BCUT2D eigenvalue weighted by Gasteiger charge is 2.20. The Morgan fingerprint density at radius 3 is 2.68 bits per heavy atom. The summed E-state index contributed by atoms with van der Waals surface area (Å²) >= 11 is 6.14. The fourth-order valence-electron chi connectivity index (χ4n) is 2.00. The minimum atomic E-state index is -0.577. The van der Waals surface area contributed by atoms with Gasteiger partial charge in [0, 0.05) is 17.0 Å². The lowest BCUT2D eigenvalue weighted by atomic mass is 10.1. The van der Waals surface area contributed by atoms with Crippen LogP contribution in [0, 0.1) is 5.82 Å². The van der Waals surface area contributed by atoms with Crippen molar-refractivity contribution in [2.75, 3.05) is 0 Å². The minimum Gasteiger partial charge on any atom is -0.444 e. The predicted molar refractivity (Wildman–Crippen MR) is 84.5 cm³/mol. The number of pyridine rings is 1. The Hall–Kier alpha value is -1.88. The van der Waals surface area contributed by atoms with E-state index in [1.165, 1.54) is 12.1 Å². The molecule has 4 nitrogen and oxygen atoms in total. The standard InChI is InChI=1S/C16H18ClFN2O2/c1-9(19-15(21)22-16(2,3)4)12-7-10-5-6-11(18)8-13(10)20-14(12)17/h5-9H,1-4H3,(H,19,21). The van der Waals surface area contributed by atoms with Gasteiger partial charge in [0.1, 0.15) is 16.6 Å². The van der Waals surface area contributed by atoms with Crippen molar-refractivity contribution in [1.82, 2.24) is 10.3 Å². The Bertz CT molecular complexity index is 713. The van der Waals surface area contributed by atoms with E-state index in [4.69, 9.17) is 16.3 Å². The van der Waals surface area contributed by atoms with Gasteiger partial charge in [0.2, 0.25) is 0 Å². The molecule has 0 aliphatic heterocycles. The maximum atomic E-state index is 13.2. The summed E-state index contributed by atoms with van der Waals surface area (Å²) in [5.41, 5.74) is 0.539. The topological polar surface area (TPSA) is 51.2 Å². The summed E-state index contributed by atoms with van der Waals surface area (Å²) in [7, 11) is 0. The second-order valence-corrected chi connectivity index (χ2v) is 6.43. The molecule has 1 N–H and O–H groups in total. The first-order valence-electron chi connectivity index (χ1n) is 6.91. The number of aromatic nitrogens is 1. The molecule has 1 heterocycles. The number of ether oxygens (including phenoxy) is 1. The van der Waals surface area contributed by atoms with Crippen LogP contribution in [0.4, 0.5) is 9.18 Å². The molecular formula is C16H18ClFN2O2. The van der Waals surface area contributed by atoms with Gasteiger partial charge in [0.15, 0.2) is 0 Å². The molecule has 0 spiro atoms. The van der Waals surface area contributed by atoms with E-state index in [1.807, 2.05) is 0 Å². The largest absolute Gasteiger partial charge is 0.444 e. The van der Waals surface area contributed by atoms with E-state index in [0.717, 1.165) is 5.39 Å². The summed E-state index contributed by atoms with van der Waals surface area (Å²) in [6.45, 7) is 7.14. The van der Waals surface area contributed by atoms with Crippen LogP contribution in [-0.2, 0) is 4.74 Å². The highest BCUT2D eigenvalue weighted by atomic mass is 35.5.